The third-order valence-electron chi connectivity index (χ3n) is 2.96. The summed E-state index contributed by atoms with van der Waals surface area (Å²) < 4.78 is 5.00. The molecule has 1 aromatic carbocycles. The van der Waals surface area contributed by atoms with Crippen LogP contribution in [-0.2, 0) is 19.9 Å². The van der Waals surface area contributed by atoms with Crippen molar-refractivity contribution in [1.29, 1.82) is 0 Å². The lowest BCUT2D eigenvalue weighted by atomic mass is 9.98. The Morgan fingerprint density at radius 3 is 2.82 bits per heavy atom. The summed E-state index contributed by atoms with van der Waals surface area (Å²) in [6.45, 7) is 5.93. The number of anilines is 1. The van der Waals surface area contributed by atoms with Gasteiger partial charge in [0.25, 0.3) is 12.4 Å². The first-order valence-corrected chi connectivity index (χ1v) is 5.29. The number of carbonyl (C=O) groups excluding carboxylic acids is 2. The molecule has 1 unspecified atom stereocenters. The fourth-order valence-electron chi connectivity index (χ4n) is 2.12. The van der Waals surface area contributed by atoms with Gasteiger partial charge in [0.15, 0.2) is 0 Å². The molecule has 4 heteroatoms. The van der Waals surface area contributed by atoms with E-state index in [0.29, 0.717) is 18.6 Å². The number of amides is 1. The molecule has 0 N–H and O–H groups in total. The minimum Gasteiger partial charge on any atom is -0.446 e. The van der Waals surface area contributed by atoms with Gasteiger partial charge in [0.2, 0.25) is 5.60 Å². The fraction of sp³-hybridized carbons (Fsp3) is 0.231. The van der Waals surface area contributed by atoms with Gasteiger partial charge in [-0.1, -0.05) is 24.3 Å². The van der Waals surface area contributed by atoms with Crippen molar-refractivity contribution in [2.24, 2.45) is 0 Å². The Labute approximate surface area is 99.5 Å². The first kappa shape index (κ1) is 11.4. The molecule has 1 atom stereocenters. The highest BCUT2D eigenvalue weighted by Crippen LogP contribution is 2.41. The Bertz CT molecular complexity index is 483. The molecule has 0 aromatic heterocycles. The highest BCUT2D eigenvalue weighted by Gasteiger charge is 2.48. The van der Waals surface area contributed by atoms with E-state index in [1.807, 2.05) is 18.2 Å². The highest BCUT2D eigenvalue weighted by atomic mass is 16.5. The number of nitrogens with zero attached hydrogens (tertiary/aromatic N) is 1. The van der Waals surface area contributed by atoms with Gasteiger partial charge in [0.1, 0.15) is 0 Å². The van der Waals surface area contributed by atoms with Crippen molar-refractivity contribution in [3.05, 3.63) is 42.5 Å². The summed E-state index contributed by atoms with van der Waals surface area (Å²) in [5, 5.41) is 0. The smallest absolute Gasteiger partial charge is 0.294 e. The first-order chi connectivity index (χ1) is 8.15. The van der Waals surface area contributed by atoms with Gasteiger partial charge >= 0.3 is 0 Å². The third-order valence-corrected chi connectivity index (χ3v) is 2.96. The zero-order valence-electron chi connectivity index (χ0n) is 9.55. The topological polar surface area (TPSA) is 46.6 Å². The van der Waals surface area contributed by atoms with E-state index >= 15 is 0 Å². The van der Waals surface area contributed by atoms with Gasteiger partial charge in [-0.15, -0.1) is 6.58 Å². The minimum atomic E-state index is -1.22. The fourth-order valence-corrected chi connectivity index (χ4v) is 2.12. The van der Waals surface area contributed by atoms with Gasteiger partial charge in [-0.25, -0.2) is 0 Å². The molecule has 0 saturated heterocycles. The van der Waals surface area contributed by atoms with Crippen LogP contribution in [0, 0.1) is 0 Å². The molecular formula is C13H13NO3. The van der Waals surface area contributed by atoms with Crippen LogP contribution in [0.25, 0.3) is 0 Å². The summed E-state index contributed by atoms with van der Waals surface area (Å²) in [6, 6.07) is 7.28. The maximum Gasteiger partial charge on any atom is 0.294 e. The number of fused-ring (bicyclic) bond motifs is 1. The van der Waals surface area contributed by atoms with Crippen molar-refractivity contribution in [2.45, 2.75) is 12.5 Å². The standard InChI is InChI=1S/C13H13NO3/c1-3-8-14-11-7-5-4-6-10(11)13(2,12(14)16)17-9-15/h3-7,9H,1,8H2,2H3. The lowest BCUT2D eigenvalue weighted by Crippen LogP contribution is -2.40. The van der Waals surface area contributed by atoms with Crippen LogP contribution in [0.4, 0.5) is 5.69 Å². The molecule has 1 amide bonds. The number of hydrogen-bond acceptors (Lipinski definition) is 3. The Kier molecular flexibility index (Phi) is 2.71. The number of rotatable bonds is 4. The molecule has 2 rings (SSSR count). The van der Waals surface area contributed by atoms with Crippen LogP contribution in [0.2, 0.25) is 0 Å². The molecule has 0 radical (unpaired) electrons. The van der Waals surface area contributed by atoms with Crippen LogP contribution < -0.4 is 4.90 Å². The molecule has 0 bridgehead atoms. The molecule has 0 saturated carbocycles. The zero-order chi connectivity index (χ0) is 12.5. The van der Waals surface area contributed by atoms with E-state index in [4.69, 9.17) is 4.74 Å². The van der Waals surface area contributed by atoms with Gasteiger partial charge in [-0.2, -0.15) is 0 Å². The average Bonchev–Trinajstić information content (AvgIpc) is 2.54. The van der Waals surface area contributed by atoms with Gasteiger partial charge in [0, 0.05) is 12.1 Å². The molecule has 1 aromatic rings. The van der Waals surface area contributed by atoms with Gasteiger partial charge in [-0.05, 0) is 13.0 Å². The molecule has 4 nitrogen and oxygen atoms in total. The van der Waals surface area contributed by atoms with Gasteiger partial charge in [-0.3, -0.25) is 9.59 Å². The summed E-state index contributed by atoms with van der Waals surface area (Å²) in [4.78, 5) is 24.4. The molecule has 0 aliphatic carbocycles. The van der Waals surface area contributed by atoms with E-state index < -0.39 is 5.60 Å². The number of para-hydroxylation sites is 1. The van der Waals surface area contributed by atoms with Crippen LogP contribution in [0.1, 0.15) is 12.5 Å². The molecule has 1 aliphatic rings. The first-order valence-electron chi connectivity index (χ1n) is 5.29. The number of ether oxygens (including phenoxy) is 1. The van der Waals surface area contributed by atoms with Crippen molar-refractivity contribution in [3.8, 4) is 0 Å². The van der Waals surface area contributed by atoms with E-state index in [-0.39, 0.29) is 5.91 Å². The van der Waals surface area contributed by atoms with Crippen LogP contribution in [-0.4, -0.2) is 18.9 Å². The van der Waals surface area contributed by atoms with Gasteiger partial charge < -0.3 is 9.64 Å². The summed E-state index contributed by atoms with van der Waals surface area (Å²) in [7, 11) is 0. The van der Waals surface area contributed by atoms with Crippen molar-refractivity contribution in [1.82, 2.24) is 0 Å². The van der Waals surface area contributed by atoms with Gasteiger partial charge in [0.05, 0.1) is 5.69 Å². The lowest BCUT2D eigenvalue weighted by molar-refractivity contribution is -0.154. The lowest BCUT2D eigenvalue weighted by Gasteiger charge is -2.21. The highest BCUT2D eigenvalue weighted by molar-refractivity contribution is 6.07. The van der Waals surface area contributed by atoms with E-state index in [1.165, 1.54) is 0 Å². The Hall–Kier alpha value is -2.10. The normalized spacial score (nSPS) is 22.2. The van der Waals surface area contributed by atoms with Crippen molar-refractivity contribution in [3.63, 3.8) is 0 Å². The molecule has 1 heterocycles. The second kappa shape index (κ2) is 4.05. The third kappa shape index (κ3) is 1.53. The van der Waals surface area contributed by atoms with E-state index in [1.54, 1.807) is 24.0 Å². The summed E-state index contributed by atoms with van der Waals surface area (Å²) in [5.41, 5.74) is 0.252. The summed E-state index contributed by atoms with van der Waals surface area (Å²) in [5.74, 6) is -0.245. The van der Waals surface area contributed by atoms with Crippen LogP contribution in [0.5, 0.6) is 0 Å². The number of benzene rings is 1. The molecule has 0 fully saturated rings. The zero-order valence-corrected chi connectivity index (χ0v) is 9.55. The van der Waals surface area contributed by atoms with E-state index in [9.17, 15) is 9.59 Å². The number of hydrogen-bond donors (Lipinski definition) is 0. The molecule has 0 spiro atoms. The maximum atomic E-state index is 12.3. The summed E-state index contributed by atoms with van der Waals surface area (Å²) in [6.07, 6.45) is 1.64. The molecular weight excluding hydrogens is 218 g/mol. The van der Waals surface area contributed by atoms with Crippen LogP contribution in [0.3, 0.4) is 0 Å². The van der Waals surface area contributed by atoms with E-state index in [2.05, 4.69) is 6.58 Å². The van der Waals surface area contributed by atoms with Crippen molar-refractivity contribution in [2.75, 3.05) is 11.4 Å². The van der Waals surface area contributed by atoms with Crippen LogP contribution >= 0.6 is 0 Å². The molecule has 17 heavy (non-hydrogen) atoms. The van der Waals surface area contributed by atoms with Crippen molar-refractivity contribution >= 4 is 18.1 Å². The van der Waals surface area contributed by atoms with Crippen LogP contribution in [0.15, 0.2) is 36.9 Å². The quantitative estimate of drug-likeness (QED) is 0.584. The Balaban J connectivity index is 2.55. The maximum absolute atomic E-state index is 12.3. The summed E-state index contributed by atoms with van der Waals surface area (Å²) >= 11 is 0. The largest absolute Gasteiger partial charge is 0.446 e. The SMILES string of the molecule is C=CCN1C(=O)C(C)(OC=O)c2ccccc21. The monoisotopic (exact) mass is 231 g/mol. The minimum absolute atomic E-state index is 0.245. The second-order valence-electron chi connectivity index (χ2n) is 3.97. The molecule has 1 aliphatic heterocycles. The second-order valence-corrected chi connectivity index (χ2v) is 3.97. The Morgan fingerprint density at radius 2 is 2.18 bits per heavy atom. The average molecular weight is 231 g/mol. The predicted molar refractivity (Wildman–Crippen MR) is 63.5 cm³/mol. The number of carbonyl (C=O) groups is 2. The predicted octanol–water partition coefficient (Wildman–Crippen LogP) is 1.61. The molecule has 88 valence electrons. The Morgan fingerprint density at radius 1 is 1.47 bits per heavy atom. The van der Waals surface area contributed by atoms with E-state index in [0.717, 1.165) is 5.69 Å². The van der Waals surface area contributed by atoms with Crippen molar-refractivity contribution < 1.29 is 14.3 Å².